The van der Waals surface area contributed by atoms with Crippen LogP contribution in [0.5, 0.6) is 0 Å². The Morgan fingerprint density at radius 1 is 1.21 bits per heavy atom. The highest BCUT2D eigenvalue weighted by molar-refractivity contribution is 6.01. The molecule has 3 heterocycles. The second-order valence-electron chi connectivity index (χ2n) is 9.06. The average molecular weight is 460 g/mol. The maximum atomic E-state index is 14.7. The molecule has 1 fully saturated rings. The number of nitrogens with zero attached hydrogens (tertiary/aromatic N) is 5. The van der Waals surface area contributed by atoms with E-state index in [4.69, 9.17) is 0 Å². The van der Waals surface area contributed by atoms with Gasteiger partial charge in [0.05, 0.1) is 46.4 Å². The predicted molar refractivity (Wildman–Crippen MR) is 126 cm³/mol. The smallest absolute Gasteiger partial charge is 0.255 e. The maximum absolute atomic E-state index is 14.7. The molecular weight excluding hydrogens is 433 g/mol. The van der Waals surface area contributed by atoms with Crippen LogP contribution in [0.2, 0.25) is 0 Å². The Hall–Kier alpha value is -3.77. The van der Waals surface area contributed by atoms with Crippen molar-refractivity contribution in [3.05, 3.63) is 59.2 Å². The molecule has 0 spiro atoms. The molecule has 5 rings (SSSR count). The number of amides is 1. The van der Waals surface area contributed by atoms with Crippen LogP contribution in [0, 0.1) is 17.1 Å². The molecule has 1 amide bonds. The van der Waals surface area contributed by atoms with E-state index in [1.54, 1.807) is 23.0 Å². The second-order valence-corrected chi connectivity index (χ2v) is 9.06. The number of halogens is 1. The molecule has 34 heavy (non-hydrogen) atoms. The second kappa shape index (κ2) is 8.88. The fraction of sp³-hybridized carbons (Fsp3) is 0.360. The number of rotatable bonds is 5. The molecule has 0 radical (unpaired) electrons. The van der Waals surface area contributed by atoms with E-state index in [1.807, 2.05) is 12.1 Å². The van der Waals surface area contributed by atoms with E-state index in [-0.39, 0.29) is 23.6 Å². The van der Waals surface area contributed by atoms with Crippen molar-refractivity contribution in [2.75, 3.05) is 19.4 Å². The number of benzene rings is 1. The molecule has 0 unspecified atom stereocenters. The molecule has 1 aliphatic heterocycles. The Bertz CT molecular complexity index is 1280. The topological polar surface area (TPSA) is 98.9 Å². The summed E-state index contributed by atoms with van der Waals surface area (Å²) in [6.07, 6.45) is 6.19. The van der Waals surface area contributed by atoms with Crippen molar-refractivity contribution in [3.8, 4) is 23.0 Å². The fourth-order valence-corrected chi connectivity index (χ4v) is 4.88. The molecule has 0 atom stereocenters. The summed E-state index contributed by atoms with van der Waals surface area (Å²) >= 11 is 0. The van der Waals surface area contributed by atoms with Gasteiger partial charge in [0.25, 0.3) is 5.91 Å². The van der Waals surface area contributed by atoms with Gasteiger partial charge in [0.15, 0.2) is 0 Å². The zero-order valence-electron chi connectivity index (χ0n) is 19.2. The van der Waals surface area contributed by atoms with Gasteiger partial charge >= 0.3 is 0 Å². The molecule has 1 aliphatic carbocycles. The third-order valence-electron chi connectivity index (χ3n) is 6.72. The number of nitriles is 1. The van der Waals surface area contributed by atoms with Gasteiger partial charge in [0.2, 0.25) is 0 Å². The third-order valence-corrected chi connectivity index (χ3v) is 6.72. The quantitative estimate of drug-likeness (QED) is 0.606. The summed E-state index contributed by atoms with van der Waals surface area (Å²) in [6, 6.07) is 10.8. The van der Waals surface area contributed by atoms with E-state index < -0.39 is 5.82 Å². The lowest BCUT2D eigenvalue weighted by molar-refractivity contribution is 0.0965. The molecule has 2 N–H and O–H groups in total. The van der Waals surface area contributed by atoms with Gasteiger partial charge in [-0.1, -0.05) is 6.07 Å². The molecular formula is C25H26FN7O. The summed E-state index contributed by atoms with van der Waals surface area (Å²) < 4.78 is 16.3. The van der Waals surface area contributed by atoms with Gasteiger partial charge in [-0.3, -0.25) is 4.79 Å². The summed E-state index contributed by atoms with van der Waals surface area (Å²) in [5.41, 5.74) is 2.04. The van der Waals surface area contributed by atoms with Crippen LogP contribution in [0.1, 0.15) is 47.3 Å². The largest absolute Gasteiger partial charge is 0.366 e. The number of hydrogen-bond acceptors (Lipinski definition) is 6. The number of pyridine rings is 1. The maximum Gasteiger partial charge on any atom is 0.255 e. The molecule has 1 saturated carbocycles. The number of aromatic nitrogens is 3. The molecule has 174 valence electrons. The number of nitrogens with one attached hydrogen (secondary N) is 2. The van der Waals surface area contributed by atoms with Crippen molar-refractivity contribution in [2.45, 2.75) is 44.3 Å². The van der Waals surface area contributed by atoms with E-state index in [0.717, 1.165) is 31.5 Å². The molecule has 0 bridgehead atoms. The van der Waals surface area contributed by atoms with Crippen LogP contribution in [-0.4, -0.2) is 51.8 Å². The van der Waals surface area contributed by atoms with Crippen LogP contribution < -0.4 is 10.6 Å². The van der Waals surface area contributed by atoms with Crippen LogP contribution in [0.3, 0.4) is 0 Å². The Kier molecular flexibility index (Phi) is 5.75. The zero-order valence-corrected chi connectivity index (χ0v) is 19.2. The Morgan fingerprint density at radius 3 is 2.74 bits per heavy atom. The van der Waals surface area contributed by atoms with Gasteiger partial charge in [0.1, 0.15) is 11.6 Å². The first-order valence-electron chi connectivity index (χ1n) is 11.4. The van der Waals surface area contributed by atoms with Crippen LogP contribution in [0.25, 0.3) is 16.9 Å². The summed E-state index contributed by atoms with van der Waals surface area (Å²) in [6.45, 7) is 0.243. The molecule has 2 aromatic heterocycles. The molecule has 9 heteroatoms. The van der Waals surface area contributed by atoms with Crippen molar-refractivity contribution in [2.24, 2.45) is 0 Å². The van der Waals surface area contributed by atoms with Crippen molar-refractivity contribution in [3.63, 3.8) is 0 Å². The van der Waals surface area contributed by atoms with Crippen LogP contribution in [0.15, 0.2) is 36.5 Å². The molecule has 1 aromatic carbocycles. The van der Waals surface area contributed by atoms with E-state index in [1.165, 1.54) is 12.1 Å². The number of carbonyl (C=O) groups excluding carboxylic acids is 1. The highest BCUT2D eigenvalue weighted by Crippen LogP contribution is 2.32. The average Bonchev–Trinajstić information content (AvgIpc) is 3.45. The van der Waals surface area contributed by atoms with Gasteiger partial charge < -0.3 is 15.5 Å². The Balaban J connectivity index is 1.48. The van der Waals surface area contributed by atoms with Gasteiger partial charge in [0, 0.05) is 24.3 Å². The first kappa shape index (κ1) is 22.0. The van der Waals surface area contributed by atoms with Crippen molar-refractivity contribution >= 4 is 11.7 Å². The van der Waals surface area contributed by atoms with Gasteiger partial charge in [-0.15, -0.1) is 0 Å². The number of fused-ring (bicyclic) bond motifs is 1. The standard InChI is InChI=1S/C25H26FN7O/c1-32(2)17-8-6-16(7-9-17)29-22-10-11-33(31-22)21-12-19(30-20-14-28-25(34)24(20)21)23-15(13-27)4-3-5-18(23)26/h3-5,10-12,16-17H,6-9,14H2,1-2H3,(H,28,34)(H,29,31)/t16-,17-. The number of hydrogen-bond donors (Lipinski definition) is 2. The van der Waals surface area contributed by atoms with Crippen molar-refractivity contribution in [1.29, 1.82) is 5.26 Å². The highest BCUT2D eigenvalue weighted by Gasteiger charge is 2.28. The zero-order chi connectivity index (χ0) is 23.8. The predicted octanol–water partition coefficient (Wildman–Crippen LogP) is 3.47. The van der Waals surface area contributed by atoms with Gasteiger partial charge in [-0.2, -0.15) is 10.4 Å². The summed E-state index contributed by atoms with van der Waals surface area (Å²) in [4.78, 5) is 19.4. The first-order valence-corrected chi connectivity index (χ1v) is 11.4. The van der Waals surface area contributed by atoms with Crippen LogP contribution >= 0.6 is 0 Å². The summed E-state index contributed by atoms with van der Waals surface area (Å²) in [5, 5.41) is 20.5. The SMILES string of the molecule is CN(C)[C@H]1CC[C@H](Nc2ccn(-c3cc(-c4c(F)cccc4C#N)nc4c3C(=O)NC4)n2)CC1. The Labute approximate surface area is 197 Å². The number of anilines is 1. The lowest BCUT2D eigenvalue weighted by Crippen LogP contribution is -2.36. The van der Waals surface area contributed by atoms with E-state index >= 15 is 0 Å². The minimum Gasteiger partial charge on any atom is -0.366 e. The molecule has 3 aromatic rings. The van der Waals surface area contributed by atoms with Gasteiger partial charge in [-0.05, 0) is 58.0 Å². The van der Waals surface area contributed by atoms with E-state index in [2.05, 4.69) is 39.7 Å². The highest BCUT2D eigenvalue weighted by atomic mass is 19.1. The number of carbonyl (C=O) groups is 1. The first-order chi connectivity index (χ1) is 16.4. The molecule has 0 saturated heterocycles. The fourth-order valence-electron chi connectivity index (χ4n) is 4.88. The summed E-state index contributed by atoms with van der Waals surface area (Å²) in [7, 11) is 4.25. The lowest BCUT2D eigenvalue weighted by Gasteiger charge is -2.32. The minimum absolute atomic E-state index is 0.122. The third kappa shape index (κ3) is 4.01. The normalized spacial score (nSPS) is 19.6. The lowest BCUT2D eigenvalue weighted by atomic mass is 9.90. The molecule has 8 nitrogen and oxygen atoms in total. The van der Waals surface area contributed by atoms with Crippen molar-refractivity contribution < 1.29 is 9.18 Å². The minimum atomic E-state index is -0.536. The molecule has 2 aliphatic rings. The van der Waals surface area contributed by atoms with Gasteiger partial charge in [-0.25, -0.2) is 14.1 Å². The summed E-state index contributed by atoms with van der Waals surface area (Å²) in [5.74, 6) is -0.0570. The Morgan fingerprint density at radius 2 is 2.00 bits per heavy atom. The van der Waals surface area contributed by atoms with E-state index in [9.17, 15) is 14.4 Å². The monoisotopic (exact) mass is 459 g/mol. The van der Waals surface area contributed by atoms with Crippen molar-refractivity contribution in [1.82, 2.24) is 25.0 Å². The van der Waals surface area contributed by atoms with E-state index in [0.29, 0.717) is 34.7 Å². The van der Waals surface area contributed by atoms with Crippen LogP contribution in [0.4, 0.5) is 10.2 Å². The van der Waals surface area contributed by atoms with Crippen LogP contribution in [-0.2, 0) is 6.54 Å².